The lowest BCUT2D eigenvalue weighted by molar-refractivity contribution is -0.127. The van der Waals surface area contributed by atoms with E-state index in [-0.39, 0.29) is 18.0 Å². The van der Waals surface area contributed by atoms with E-state index in [4.69, 9.17) is 14.2 Å². The Kier molecular flexibility index (Phi) is 6.09. The Labute approximate surface area is 164 Å². The number of phenols is 1. The third kappa shape index (κ3) is 3.78. The van der Waals surface area contributed by atoms with Gasteiger partial charge in [0.25, 0.3) is 0 Å². The number of ether oxygens (including phenoxy) is 3. The van der Waals surface area contributed by atoms with Crippen molar-refractivity contribution < 1.29 is 29.2 Å². The molecule has 1 aliphatic rings. The first kappa shape index (κ1) is 20.0. The minimum atomic E-state index is -1.05. The van der Waals surface area contributed by atoms with Gasteiger partial charge in [0, 0.05) is 24.0 Å². The van der Waals surface area contributed by atoms with Crippen molar-refractivity contribution in [3.8, 4) is 34.1 Å². The number of fused-ring (bicyclic) bond motifs is 5. The van der Waals surface area contributed by atoms with E-state index in [0.717, 1.165) is 17.5 Å². The lowest BCUT2D eigenvalue weighted by Gasteiger charge is -2.20. The molecule has 150 valence electrons. The molecule has 0 spiro atoms. The average Bonchev–Trinajstić information content (AvgIpc) is 2.70. The van der Waals surface area contributed by atoms with Gasteiger partial charge in [-0.25, -0.2) is 0 Å². The summed E-state index contributed by atoms with van der Waals surface area (Å²) >= 11 is 0. The number of aryl methyl sites for hydroxylation is 1. The monoisotopic (exact) mass is 386 g/mol. The topological polar surface area (TPSA) is 85.2 Å². The molecule has 4 bridgehead atoms. The van der Waals surface area contributed by atoms with E-state index in [1.54, 1.807) is 32.4 Å². The normalized spacial score (nSPS) is 17.1. The highest BCUT2D eigenvalue weighted by Gasteiger charge is 2.24. The van der Waals surface area contributed by atoms with Crippen LogP contribution in [-0.2, 0) is 17.6 Å². The van der Waals surface area contributed by atoms with Crippen molar-refractivity contribution in [2.45, 2.75) is 38.2 Å². The molecule has 0 saturated carbocycles. The van der Waals surface area contributed by atoms with Gasteiger partial charge in [-0.3, -0.25) is 4.79 Å². The van der Waals surface area contributed by atoms with Crippen LogP contribution in [0.5, 0.6) is 23.0 Å². The Morgan fingerprint density at radius 1 is 0.893 bits per heavy atom. The number of carbonyl (C=O) groups excluding carboxylic acids is 1. The molecule has 0 aromatic heterocycles. The van der Waals surface area contributed by atoms with E-state index < -0.39 is 6.10 Å². The van der Waals surface area contributed by atoms with Crippen molar-refractivity contribution in [3.63, 3.8) is 0 Å². The van der Waals surface area contributed by atoms with Crippen LogP contribution in [0.3, 0.4) is 0 Å². The first-order valence-electron chi connectivity index (χ1n) is 9.35. The van der Waals surface area contributed by atoms with Crippen molar-refractivity contribution >= 4 is 5.78 Å². The van der Waals surface area contributed by atoms with Crippen LogP contribution in [0.15, 0.2) is 24.3 Å². The lowest BCUT2D eigenvalue weighted by atomic mass is 9.95. The highest BCUT2D eigenvalue weighted by Crippen LogP contribution is 2.49. The Morgan fingerprint density at radius 2 is 1.57 bits per heavy atom. The van der Waals surface area contributed by atoms with Gasteiger partial charge in [-0.15, -0.1) is 0 Å². The average molecular weight is 386 g/mol. The zero-order chi connectivity index (χ0) is 20.3. The number of ketones is 1. The van der Waals surface area contributed by atoms with Gasteiger partial charge in [0.2, 0.25) is 5.75 Å². The predicted octanol–water partition coefficient (Wildman–Crippen LogP) is 3.28. The van der Waals surface area contributed by atoms with Gasteiger partial charge in [-0.05, 0) is 48.6 Å². The minimum absolute atomic E-state index is 0.0795. The molecule has 2 N–H and O–H groups in total. The van der Waals surface area contributed by atoms with Gasteiger partial charge in [0.15, 0.2) is 17.3 Å². The van der Waals surface area contributed by atoms with Crippen LogP contribution in [0, 0.1) is 0 Å². The van der Waals surface area contributed by atoms with E-state index in [0.29, 0.717) is 47.6 Å². The Bertz CT molecular complexity index is 874. The standard InChI is InChI=1S/C22H26O6/c1-26-20-14-6-4-5-7-18(24)19(25)11-13-8-9-17(23)15(10-13)16(12-14)21(27-2)22(20)28-3/h8-10,12,19,23,25H,4-7,11H2,1-3H3/t19-/m0/s1. The molecule has 0 saturated heterocycles. The number of rotatable bonds is 3. The summed E-state index contributed by atoms with van der Waals surface area (Å²) in [6.45, 7) is 0. The van der Waals surface area contributed by atoms with Crippen LogP contribution in [-0.4, -0.2) is 43.4 Å². The SMILES string of the molecule is COc1c2cc(c(OC)c1OC)-c1cc(ccc1O)C[C@H](O)C(=O)CCCC2. The number of hydrogen-bond donors (Lipinski definition) is 2. The molecule has 6 nitrogen and oxygen atoms in total. The molecule has 1 aliphatic carbocycles. The van der Waals surface area contributed by atoms with Crippen molar-refractivity contribution in [1.82, 2.24) is 0 Å². The zero-order valence-electron chi connectivity index (χ0n) is 16.4. The van der Waals surface area contributed by atoms with Crippen LogP contribution in [0.25, 0.3) is 11.1 Å². The van der Waals surface area contributed by atoms with E-state index in [2.05, 4.69) is 0 Å². The van der Waals surface area contributed by atoms with Crippen molar-refractivity contribution in [1.29, 1.82) is 0 Å². The van der Waals surface area contributed by atoms with Crippen molar-refractivity contribution in [3.05, 3.63) is 35.4 Å². The third-order valence-corrected chi connectivity index (χ3v) is 5.15. The summed E-state index contributed by atoms with van der Waals surface area (Å²) < 4.78 is 16.8. The maximum atomic E-state index is 12.2. The number of Topliss-reactive ketones (excluding diaryl/α,β-unsaturated/α-hetero) is 1. The Balaban J connectivity index is 2.26. The second-order valence-corrected chi connectivity index (χ2v) is 6.93. The second-order valence-electron chi connectivity index (χ2n) is 6.93. The van der Waals surface area contributed by atoms with E-state index in [9.17, 15) is 15.0 Å². The molecule has 0 heterocycles. The number of carbonyl (C=O) groups is 1. The molecular formula is C22H26O6. The summed E-state index contributed by atoms with van der Waals surface area (Å²) in [4.78, 5) is 12.2. The number of benzene rings is 2. The number of phenolic OH excluding ortho intramolecular Hbond substituents is 1. The summed E-state index contributed by atoms with van der Waals surface area (Å²) in [5.74, 6) is 1.42. The summed E-state index contributed by atoms with van der Waals surface area (Å²) in [5, 5.41) is 20.8. The summed E-state index contributed by atoms with van der Waals surface area (Å²) in [7, 11) is 4.66. The Morgan fingerprint density at radius 3 is 2.25 bits per heavy atom. The molecule has 0 unspecified atom stereocenters. The van der Waals surface area contributed by atoms with Crippen LogP contribution < -0.4 is 14.2 Å². The van der Waals surface area contributed by atoms with Crippen LogP contribution in [0.1, 0.15) is 30.4 Å². The first-order valence-corrected chi connectivity index (χ1v) is 9.35. The van der Waals surface area contributed by atoms with Crippen molar-refractivity contribution in [2.75, 3.05) is 21.3 Å². The van der Waals surface area contributed by atoms with Crippen LogP contribution in [0.4, 0.5) is 0 Å². The van der Waals surface area contributed by atoms with Gasteiger partial charge >= 0.3 is 0 Å². The molecule has 28 heavy (non-hydrogen) atoms. The third-order valence-electron chi connectivity index (χ3n) is 5.15. The first-order chi connectivity index (χ1) is 13.5. The summed E-state index contributed by atoms with van der Waals surface area (Å²) in [6, 6.07) is 6.99. The lowest BCUT2D eigenvalue weighted by Crippen LogP contribution is -2.22. The second kappa shape index (κ2) is 8.52. The number of aliphatic hydroxyl groups is 1. The molecule has 1 atom stereocenters. The van der Waals surface area contributed by atoms with E-state index in [1.807, 2.05) is 6.07 Å². The van der Waals surface area contributed by atoms with Crippen molar-refractivity contribution in [2.24, 2.45) is 0 Å². The molecule has 6 heteroatoms. The molecule has 3 rings (SSSR count). The smallest absolute Gasteiger partial charge is 0.204 e. The van der Waals surface area contributed by atoms with Crippen LogP contribution in [0.2, 0.25) is 0 Å². The maximum Gasteiger partial charge on any atom is 0.204 e. The fraction of sp³-hybridized carbons (Fsp3) is 0.409. The molecule has 0 amide bonds. The van der Waals surface area contributed by atoms with Gasteiger partial charge in [-0.1, -0.05) is 6.07 Å². The van der Waals surface area contributed by atoms with Gasteiger partial charge in [0.05, 0.1) is 21.3 Å². The number of aliphatic hydroxyl groups excluding tert-OH is 1. The summed E-state index contributed by atoms with van der Waals surface area (Å²) in [6.07, 6.45) is 1.58. The van der Waals surface area contributed by atoms with Gasteiger partial charge in [-0.2, -0.15) is 0 Å². The fourth-order valence-electron chi connectivity index (χ4n) is 3.72. The fourth-order valence-corrected chi connectivity index (χ4v) is 3.72. The van der Waals surface area contributed by atoms with Gasteiger partial charge in [0.1, 0.15) is 11.9 Å². The molecule has 2 aromatic rings. The molecule has 2 aromatic carbocycles. The zero-order valence-corrected chi connectivity index (χ0v) is 16.4. The molecule has 0 aliphatic heterocycles. The number of methoxy groups -OCH3 is 3. The molecular weight excluding hydrogens is 360 g/mol. The summed E-state index contributed by atoms with van der Waals surface area (Å²) in [5.41, 5.74) is 2.89. The van der Waals surface area contributed by atoms with Gasteiger partial charge < -0.3 is 24.4 Å². The highest BCUT2D eigenvalue weighted by atomic mass is 16.5. The largest absolute Gasteiger partial charge is 0.507 e. The van der Waals surface area contributed by atoms with E-state index in [1.165, 1.54) is 7.11 Å². The molecule has 0 radical (unpaired) electrons. The quantitative estimate of drug-likeness (QED) is 0.842. The minimum Gasteiger partial charge on any atom is -0.507 e. The Hall–Kier alpha value is -2.73. The number of aromatic hydroxyl groups is 1. The maximum absolute atomic E-state index is 12.2. The highest BCUT2D eigenvalue weighted by molar-refractivity contribution is 5.84. The van der Waals surface area contributed by atoms with Crippen LogP contribution >= 0.6 is 0 Å². The van der Waals surface area contributed by atoms with E-state index >= 15 is 0 Å². The molecule has 0 fully saturated rings. The predicted molar refractivity (Wildman–Crippen MR) is 105 cm³/mol. The number of hydrogen-bond acceptors (Lipinski definition) is 6.